The highest BCUT2D eigenvalue weighted by Gasteiger charge is 2.20. The smallest absolute Gasteiger partial charge is 0.0757 e. The van der Waals surface area contributed by atoms with Gasteiger partial charge in [-0.05, 0) is 70.7 Å². The van der Waals surface area contributed by atoms with Gasteiger partial charge >= 0.3 is 0 Å². The van der Waals surface area contributed by atoms with Crippen molar-refractivity contribution < 1.29 is 0 Å². The topological polar surface area (TPSA) is 24.9 Å². The van der Waals surface area contributed by atoms with E-state index in [0.717, 1.165) is 14.6 Å². The molecule has 92 valence electrons. The normalized spacial score (nSPS) is 17.7. The molecule has 0 fully saturated rings. The van der Waals surface area contributed by atoms with Crippen LogP contribution in [0, 0.1) is 0 Å². The highest BCUT2D eigenvalue weighted by Crippen LogP contribution is 2.33. The summed E-state index contributed by atoms with van der Waals surface area (Å²) in [5, 5.41) is 3.37. The Kier molecular flexibility index (Phi) is 4.77. The van der Waals surface area contributed by atoms with Crippen molar-refractivity contribution >= 4 is 31.9 Å². The second-order valence-electron chi connectivity index (χ2n) is 4.27. The Morgan fingerprint density at radius 1 is 1.35 bits per heavy atom. The van der Waals surface area contributed by atoms with Crippen molar-refractivity contribution in [3.63, 3.8) is 0 Å². The molecule has 2 rings (SSSR count). The molecule has 1 unspecified atom stereocenters. The Balaban J connectivity index is 2.31. The third-order valence-corrected chi connectivity index (χ3v) is 4.16. The van der Waals surface area contributed by atoms with Gasteiger partial charge in [-0.25, -0.2) is 0 Å². The summed E-state index contributed by atoms with van der Waals surface area (Å²) in [6.07, 6.45) is 9.19. The first-order valence-corrected chi connectivity index (χ1v) is 7.48. The number of likely N-dealkylation sites (N-methyl/N-ethyl adjacent to an activating group) is 1. The van der Waals surface area contributed by atoms with E-state index in [1.54, 1.807) is 0 Å². The molecule has 1 aromatic heterocycles. The van der Waals surface area contributed by atoms with Gasteiger partial charge in [-0.2, -0.15) is 0 Å². The van der Waals surface area contributed by atoms with Gasteiger partial charge < -0.3 is 5.32 Å². The lowest BCUT2D eigenvalue weighted by molar-refractivity contribution is 0.581. The summed E-state index contributed by atoms with van der Waals surface area (Å²) in [6, 6.07) is 2.29. The van der Waals surface area contributed by atoms with Crippen LogP contribution in [0.4, 0.5) is 0 Å². The SMILES string of the molecule is CNC(C1=CCCCC1)c1ncc(Br)cc1Br. The summed E-state index contributed by atoms with van der Waals surface area (Å²) in [5.41, 5.74) is 2.54. The van der Waals surface area contributed by atoms with Crippen LogP contribution < -0.4 is 5.32 Å². The van der Waals surface area contributed by atoms with Crippen molar-refractivity contribution in [1.82, 2.24) is 10.3 Å². The van der Waals surface area contributed by atoms with Gasteiger partial charge in [0, 0.05) is 15.1 Å². The highest BCUT2D eigenvalue weighted by molar-refractivity contribution is 9.11. The molecule has 0 saturated carbocycles. The molecule has 1 atom stereocenters. The molecule has 0 spiro atoms. The molecular weight excluding hydrogens is 344 g/mol. The summed E-state index contributed by atoms with van der Waals surface area (Å²) < 4.78 is 2.05. The average Bonchev–Trinajstić information content (AvgIpc) is 2.34. The lowest BCUT2D eigenvalue weighted by atomic mass is 9.92. The van der Waals surface area contributed by atoms with E-state index >= 15 is 0 Å². The Labute approximate surface area is 119 Å². The fraction of sp³-hybridized carbons (Fsp3) is 0.462. The molecule has 1 aromatic rings. The number of nitrogens with one attached hydrogen (secondary N) is 1. The number of rotatable bonds is 3. The minimum atomic E-state index is 0.234. The monoisotopic (exact) mass is 358 g/mol. The van der Waals surface area contributed by atoms with Crippen molar-refractivity contribution in [3.05, 3.63) is 38.6 Å². The summed E-state index contributed by atoms with van der Waals surface area (Å²) in [5.74, 6) is 0. The van der Waals surface area contributed by atoms with E-state index < -0.39 is 0 Å². The van der Waals surface area contributed by atoms with Gasteiger partial charge in [0.15, 0.2) is 0 Å². The van der Waals surface area contributed by atoms with Crippen molar-refractivity contribution in [2.45, 2.75) is 31.7 Å². The van der Waals surface area contributed by atoms with Crippen LogP contribution in [0.3, 0.4) is 0 Å². The summed E-state index contributed by atoms with van der Waals surface area (Å²) in [4.78, 5) is 4.53. The van der Waals surface area contributed by atoms with Crippen LogP contribution in [0.25, 0.3) is 0 Å². The first-order chi connectivity index (χ1) is 8.22. The molecule has 0 amide bonds. The van der Waals surface area contributed by atoms with Crippen LogP contribution in [0.1, 0.15) is 37.4 Å². The first-order valence-electron chi connectivity index (χ1n) is 5.89. The molecule has 0 saturated heterocycles. The Hall–Kier alpha value is -0.190. The van der Waals surface area contributed by atoms with E-state index in [0.29, 0.717) is 0 Å². The molecule has 17 heavy (non-hydrogen) atoms. The van der Waals surface area contributed by atoms with E-state index in [4.69, 9.17) is 0 Å². The molecule has 4 heteroatoms. The van der Waals surface area contributed by atoms with Gasteiger partial charge in [-0.15, -0.1) is 0 Å². The van der Waals surface area contributed by atoms with Gasteiger partial charge in [0.05, 0.1) is 11.7 Å². The maximum atomic E-state index is 4.53. The molecule has 0 aliphatic heterocycles. The molecule has 1 N–H and O–H groups in total. The van der Waals surface area contributed by atoms with E-state index in [1.807, 2.05) is 13.2 Å². The third-order valence-electron chi connectivity index (χ3n) is 3.10. The van der Waals surface area contributed by atoms with E-state index in [1.165, 1.54) is 31.3 Å². The van der Waals surface area contributed by atoms with Crippen molar-refractivity contribution in [2.24, 2.45) is 0 Å². The minimum absolute atomic E-state index is 0.234. The third kappa shape index (κ3) is 3.18. The summed E-state index contributed by atoms with van der Waals surface area (Å²) in [6.45, 7) is 0. The van der Waals surface area contributed by atoms with Gasteiger partial charge in [0.25, 0.3) is 0 Å². The van der Waals surface area contributed by atoms with Gasteiger partial charge in [0.2, 0.25) is 0 Å². The van der Waals surface area contributed by atoms with Crippen LogP contribution >= 0.6 is 31.9 Å². The molecule has 0 bridgehead atoms. The largest absolute Gasteiger partial charge is 0.308 e. The summed E-state index contributed by atoms with van der Waals surface area (Å²) in [7, 11) is 2.00. The van der Waals surface area contributed by atoms with Gasteiger partial charge in [0.1, 0.15) is 0 Å². The molecule has 1 heterocycles. The van der Waals surface area contributed by atoms with Crippen LogP contribution in [-0.4, -0.2) is 12.0 Å². The molecule has 1 aliphatic rings. The number of hydrogen-bond acceptors (Lipinski definition) is 2. The maximum absolute atomic E-state index is 4.53. The zero-order valence-corrected chi connectivity index (χ0v) is 13.0. The quantitative estimate of drug-likeness (QED) is 0.810. The molecule has 0 radical (unpaired) electrons. The Morgan fingerprint density at radius 3 is 2.76 bits per heavy atom. The predicted molar refractivity (Wildman–Crippen MR) is 78.0 cm³/mol. The Morgan fingerprint density at radius 2 is 2.18 bits per heavy atom. The number of pyridine rings is 1. The number of aromatic nitrogens is 1. The molecule has 2 nitrogen and oxygen atoms in total. The molecular formula is C13H16Br2N2. The summed E-state index contributed by atoms with van der Waals surface area (Å²) >= 11 is 7.03. The van der Waals surface area contributed by atoms with Crippen LogP contribution in [0.15, 0.2) is 32.9 Å². The van der Waals surface area contributed by atoms with Crippen molar-refractivity contribution in [1.29, 1.82) is 0 Å². The first kappa shape index (κ1) is 13.2. The number of allylic oxidation sites excluding steroid dienone is 1. The fourth-order valence-electron chi connectivity index (χ4n) is 2.26. The second kappa shape index (κ2) is 6.12. The average molecular weight is 360 g/mol. The molecule has 0 aromatic carbocycles. The van der Waals surface area contributed by atoms with Gasteiger partial charge in [-0.1, -0.05) is 11.6 Å². The van der Waals surface area contributed by atoms with E-state index in [2.05, 4.69) is 54.3 Å². The van der Waals surface area contributed by atoms with Crippen LogP contribution in [0.5, 0.6) is 0 Å². The number of halogens is 2. The lowest BCUT2D eigenvalue weighted by Crippen LogP contribution is -2.21. The standard InChI is InChI=1S/C13H16Br2N2/c1-16-12(9-5-3-2-4-6-9)13-11(15)7-10(14)8-17-13/h5,7-8,12,16H,2-4,6H2,1H3. The molecule has 1 aliphatic carbocycles. The lowest BCUT2D eigenvalue weighted by Gasteiger charge is -2.23. The van der Waals surface area contributed by atoms with E-state index in [9.17, 15) is 0 Å². The zero-order valence-electron chi connectivity index (χ0n) is 9.84. The maximum Gasteiger partial charge on any atom is 0.0757 e. The van der Waals surface area contributed by atoms with Crippen molar-refractivity contribution in [3.8, 4) is 0 Å². The van der Waals surface area contributed by atoms with Crippen LogP contribution in [-0.2, 0) is 0 Å². The van der Waals surface area contributed by atoms with Gasteiger partial charge in [-0.3, -0.25) is 4.98 Å². The van der Waals surface area contributed by atoms with Crippen LogP contribution in [0.2, 0.25) is 0 Å². The van der Waals surface area contributed by atoms with Crippen molar-refractivity contribution in [2.75, 3.05) is 7.05 Å². The Bertz CT molecular complexity index is 429. The van der Waals surface area contributed by atoms with E-state index in [-0.39, 0.29) is 6.04 Å². The minimum Gasteiger partial charge on any atom is -0.308 e. The number of hydrogen-bond donors (Lipinski definition) is 1. The predicted octanol–water partition coefficient (Wildman–Crippen LogP) is 4.37. The highest BCUT2D eigenvalue weighted by atomic mass is 79.9. The zero-order chi connectivity index (χ0) is 12.3. The second-order valence-corrected chi connectivity index (χ2v) is 6.04. The fourth-order valence-corrected chi connectivity index (χ4v) is 3.48. The number of nitrogens with zero attached hydrogens (tertiary/aromatic N) is 1.